The van der Waals surface area contributed by atoms with Gasteiger partial charge in [0.25, 0.3) is 0 Å². The van der Waals surface area contributed by atoms with Gasteiger partial charge in [-0.3, -0.25) is 4.79 Å². The number of hydrogen-bond acceptors (Lipinski definition) is 5. The molecule has 1 aromatic rings. The van der Waals surface area contributed by atoms with Gasteiger partial charge in [0.2, 0.25) is 16.8 Å². The van der Waals surface area contributed by atoms with Gasteiger partial charge in [0.1, 0.15) is 6.04 Å². The highest BCUT2D eigenvalue weighted by Gasteiger charge is 2.24. The molecule has 7 nitrogen and oxygen atoms in total. The van der Waals surface area contributed by atoms with Gasteiger partial charge in [0.15, 0.2) is 11.5 Å². The van der Waals surface area contributed by atoms with Crippen molar-refractivity contribution in [3.05, 3.63) is 18.2 Å². The van der Waals surface area contributed by atoms with Crippen LogP contribution in [0, 0.1) is 0 Å². The third-order valence-electron chi connectivity index (χ3n) is 2.36. The maximum atomic E-state index is 11.9. The third kappa shape index (κ3) is 2.39. The maximum absolute atomic E-state index is 11.9. The third-order valence-corrected chi connectivity index (χ3v) is 3.90. The Morgan fingerprint density at radius 3 is 2.72 bits per heavy atom. The molecule has 0 aromatic heterocycles. The minimum absolute atomic E-state index is 0.0395. The Kier molecular flexibility index (Phi) is 3.14. The highest BCUT2D eigenvalue weighted by Crippen LogP contribution is 2.33. The van der Waals surface area contributed by atoms with Crippen LogP contribution in [0.15, 0.2) is 23.1 Å². The molecule has 0 amide bonds. The lowest BCUT2D eigenvalue weighted by atomic mass is 10.3. The molecule has 1 aliphatic heterocycles. The van der Waals surface area contributed by atoms with E-state index in [1.54, 1.807) is 0 Å². The monoisotopic (exact) mass is 273 g/mol. The number of fused-ring (bicyclic) bond motifs is 1. The average Bonchev–Trinajstić information content (AvgIpc) is 2.74. The van der Waals surface area contributed by atoms with E-state index in [1.807, 2.05) is 4.72 Å². The fourth-order valence-corrected chi connectivity index (χ4v) is 2.61. The van der Waals surface area contributed by atoms with Crippen LogP contribution < -0.4 is 14.2 Å². The molecule has 1 aliphatic rings. The highest BCUT2D eigenvalue weighted by molar-refractivity contribution is 7.89. The molecule has 2 rings (SSSR count). The van der Waals surface area contributed by atoms with Crippen LogP contribution in [0.4, 0.5) is 0 Å². The lowest BCUT2D eigenvalue weighted by Gasteiger charge is -2.10. The number of carbonyl (C=O) groups is 1. The quantitative estimate of drug-likeness (QED) is 0.810. The maximum Gasteiger partial charge on any atom is 0.321 e. The lowest BCUT2D eigenvalue weighted by molar-refractivity contribution is -0.138. The molecule has 0 aliphatic carbocycles. The number of carboxylic acids is 1. The Bertz CT molecular complexity index is 582. The smallest absolute Gasteiger partial charge is 0.321 e. The minimum Gasteiger partial charge on any atom is -0.480 e. The van der Waals surface area contributed by atoms with E-state index in [0.29, 0.717) is 11.5 Å². The Hall–Kier alpha value is -1.80. The standard InChI is InChI=1S/C10H11NO6S/c1-6(10(12)13)11-18(14,15)7-2-3-8-9(4-7)17-5-16-8/h2-4,6,11H,5H2,1H3,(H,12,13). The van der Waals surface area contributed by atoms with Gasteiger partial charge in [-0.2, -0.15) is 4.72 Å². The first-order valence-electron chi connectivity index (χ1n) is 5.05. The first-order valence-corrected chi connectivity index (χ1v) is 6.53. The molecule has 1 aromatic carbocycles. The SMILES string of the molecule is CC(NS(=O)(=O)c1ccc2c(c1)OCO2)C(=O)O. The van der Waals surface area contributed by atoms with Gasteiger partial charge in [0, 0.05) is 6.07 Å². The summed E-state index contributed by atoms with van der Waals surface area (Å²) in [6, 6.07) is 2.87. The van der Waals surface area contributed by atoms with Crippen LogP contribution in [-0.4, -0.2) is 32.3 Å². The number of rotatable bonds is 4. The zero-order valence-corrected chi connectivity index (χ0v) is 10.2. The van der Waals surface area contributed by atoms with Gasteiger partial charge in [-0.15, -0.1) is 0 Å². The van der Waals surface area contributed by atoms with E-state index in [0.717, 1.165) is 0 Å². The summed E-state index contributed by atoms with van der Waals surface area (Å²) in [5.41, 5.74) is 0. The molecule has 1 heterocycles. The summed E-state index contributed by atoms with van der Waals surface area (Å²) < 4.78 is 35.9. The van der Waals surface area contributed by atoms with E-state index in [2.05, 4.69) is 0 Å². The van der Waals surface area contributed by atoms with E-state index < -0.39 is 22.0 Å². The topological polar surface area (TPSA) is 102 Å². The van der Waals surface area contributed by atoms with Crippen molar-refractivity contribution in [3.8, 4) is 11.5 Å². The minimum atomic E-state index is -3.89. The van der Waals surface area contributed by atoms with Gasteiger partial charge in [0.05, 0.1) is 4.90 Å². The predicted octanol–water partition coefficient (Wildman–Crippen LogP) is 0.167. The zero-order valence-electron chi connectivity index (χ0n) is 9.41. The number of nitrogens with one attached hydrogen (secondary N) is 1. The normalized spacial score (nSPS) is 15.4. The van der Waals surface area contributed by atoms with Crippen molar-refractivity contribution in [1.29, 1.82) is 0 Å². The molecule has 0 radical (unpaired) electrons. The van der Waals surface area contributed by atoms with Crippen molar-refractivity contribution in [2.75, 3.05) is 6.79 Å². The van der Waals surface area contributed by atoms with Crippen LogP contribution in [-0.2, 0) is 14.8 Å². The van der Waals surface area contributed by atoms with E-state index >= 15 is 0 Å². The summed E-state index contributed by atoms with van der Waals surface area (Å²) in [7, 11) is -3.89. The Morgan fingerprint density at radius 2 is 2.06 bits per heavy atom. The van der Waals surface area contributed by atoms with Crippen LogP contribution in [0.2, 0.25) is 0 Å². The number of aliphatic carboxylic acids is 1. The molecule has 0 bridgehead atoms. The van der Waals surface area contributed by atoms with E-state index in [9.17, 15) is 13.2 Å². The molecule has 2 N–H and O–H groups in total. The van der Waals surface area contributed by atoms with Crippen LogP contribution in [0.5, 0.6) is 11.5 Å². The molecular weight excluding hydrogens is 262 g/mol. The number of benzene rings is 1. The summed E-state index contributed by atoms with van der Waals surface area (Å²) in [6.07, 6.45) is 0. The van der Waals surface area contributed by atoms with Crippen molar-refractivity contribution in [2.45, 2.75) is 17.9 Å². The molecule has 0 spiro atoms. The van der Waals surface area contributed by atoms with Crippen molar-refractivity contribution in [3.63, 3.8) is 0 Å². The van der Waals surface area contributed by atoms with Gasteiger partial charge in [-0.05, 0) is 19.1 Å². The van der Waals surface area contributed by atoms with Crippen molar-refractivity contribution in [1.82, 2.24) is 4.72 Å². The van der Waals surface area contributed by atoms with Gasteiger partial charge < -0.3 is 14.6 Å². The second kappa shape index (κ2) is 4.46. The summed E-state index contributed by atoms with van der Waals surface area (Å²) in [4.78, 5) is 10.6. The molecule has 1 atom stereocenters. The van der Waals surface area contributed by atoms with Crippen molar-refractivity contribution < 1.29 is 27.8 Å². The van der Waals surface area contributed by atoms with E-state index in [4.69, 9.17) is 14.6 Å². The lowest BCUT2D eigenvalue weighted by Crippen LogP contribution is -2.38. The molecule has 0 saturated carbocycles. The highest BCUT2D eigenvalue weighted by atomic mass is 32.2. The zero-order chi connectivity index (χ0) is 13.3. The van der Waals surface area contributed by atoms with Crippen LogP contribution >= 0.6 is 0 Å². The average molecular weight is 273 g/mol. The summed E-state index contributed by atoms with van der Waals surface area (Å²) in [5.74, 6) is -0.472. The molecule has 0 saturated heterocycles. The predicted molar refractivity (Wildman–Crippen MR) is 60.0 cm³/mol. The fourth-order valence-electron chi connectivity index (χ4n) is 1.40. The summed E-state index contributed by atoms with van der Waals surface area (Å²) in [5, 5.41) is 8.68. The second-order valence-electron chi connectivity index (χ2n) is 3.70. The van der Waals surface area contributed by atoms with Gasteiger partial charge >= 0.3 is 5.97 Å². The first kappa shape index (κ1) is 12.7. The Morgan fingerprint density at radius 1 is 1.39 bits per heavy atom. The van der Waals surface area contributed by atoms with E-state index in [-0.39, 0.29) is 11.7 Å². The summed E-state index contributed by atoms with van der Waals surface area (Å²) in [6.45, 7) is 1.28. The Balaban J connectivity index is 2.28. The number of ether oxygens (including phenoxy) is 2. The fraction of sp³-hybridized carbons (Fsp3) is 0.300. The van der Waals surface area contributed by atoms with Crippen LogP contribution in [0.1, 0.15) is 6.92 Å². The second-order valence-corrected chi connectivity index (χ2v) is 5.41. The molecule has 98 valence electrons. The molecule has 0 fully saturated rings. The number of hydrogen-bond donors (Lipinski definition) is 2. The number of carboxylic acid groups (broad SMARTS) is 1. The van der Waals surface area contributed by atoms with Crippen LogP contribution in [0.3, 0.4) is 0 Å². The molecule has 18 heavy (non-hydrogen) atoms. The van der Waals surface area contributed by atoms with Crippen molar-refractivity contribution in [2.24, 2.45) is 0 Å². The van der Waals surface area contributed by atoms with Gasteiger partial charge in [-0.1, -0.05) is 0 Å². The van der Waals surface area contributed by atoms with Crippen molar-refractivity contribution >= 4 is 16.0 Å². The summed E-state index contributed by atoms with van der Waals surface area (Å²) >= 11 is 0. The largest absolute Gasteiger partial charge is 0.480 e. The number of sulfonamides is 1. The van der Waals surface area contributed by atoms with Gasteiger partial charge in [-0.25, -0.2) is 8.42 Å². The molecule has 8 heteroatoms. The molecule has 1 unspecified atom stereocenters. The van der Waals surface area contributed by atoms with E-state index in [1.165, 1.54) is 25.1 Å². The Labute approximate surface area is 103 Å². The van der Waals surface area contributed by atoms with Crippen LogP contribution in [0.25, 0.3) is 0 Å². The molecular formula is C10H11NO6S. The first-order chi connectivity index (χ1) is 8.40.